The highest BCUT2D eigenvalue weighted by atomic mass is 32.1. The van der Waals surface area contributed by atoms with Crippen molar-refractivity contribution in [2.75, 3.05) is 13.7 Å². The third kappa shape index (κ3) is 1.31. The standard InChI is InChI=1S/C6H13N3S/c1-5(2)9-4-8(3)7-6(9)10/h5H,4H2,1-3H3,(H,7,10)/p-1. The van der Waals surface area contributed by atoms with Crippen LogP contribution in [0, 0.1) is 0 Å². The van der Waals surface area contributed by atoms with Gasteiger partial charge in [0.1, 0.15) is 6.67 Å². The molecule has 0 atom stereocenters. The zero-order chi connectivity index (χ0) is 7.72. The Labute approximate surface area is 67.1 Å². The van der Waals surface area contributed by atoms with Gasteiger partial charge in [0, 0.05) is 18.3 Å². The first-order valence-electron chi connectivity index (χ1n) is 3.34. The molecule has 4 heteroatoms. The summed E-state index contributed by atoms with van der Waals surface area (Å²) < 4.78 is 0. The minimum absolute atomic E-state index is 0.459. The lowest BCUT2D eigenvalue weighted by Crippen LogP contribution is -2.34. The van der Waals surface area contributed by atoms with Gasteiger partial charge in [-0.15, -0.1) is 0 Å². The van der Waals surface area contributed by atoms with Crippen LogP contribution in [0.1, 0.15) is 13.8 Å². The largest absolute Gasteiger partial charge is 0.741 e. The molecule has 0 bridgehead atoms. The van der Waals surface area contributed by atoms with Crippen molar-refractivity contribution in [1.29, 1.82) is 0 Å². The number of amidine groups is 1. The van der Waals surface area contributed by atoms with Gasteiger partial charge in [0.2, 0.25) is 0 Å². The second-order valence-corrected chi connectivity index (χ2v) is 3.11. The van der Waals surface area contributed by atoms with Crippen molar-refractivity contribution in [3.8, 4) is 0 Å². The minimum Gasteiger partial charge on any atom is -0.741 e. The van der Waals surface area contributed by atoms with Crippen molar-refractivity contribution < 1.29 is 0 Å². The number of rotatable bonds is 1. The van der Waals surface area contributed by atoms with Gasteiger partial charge in [-0.05, 0) is 13.8 Å². The third-order valence-electron chi connectivity index (χ3n) is 1.48. The fourth-order valence-corrected chi connectivity index (χ4v) is 1.31. The molecule has 1 aliphatic heterocycles. The van der Waals surface area contributed by atoms with Gasteiger partial charge in [-0.1, -0.05) is 0 Å². The average Bonchev–Trinajstić information content (AvgIpc) is 2.10. The first-order valence-corrected chi connectivity index (χ1v) is 3.75. The van der Waals surface area contributed by atoms with E-state index in [2.05, 4.69) is 23.8 Å². The van der Waals surface area contributed by atoms with E-state index in [4.69, 9.17) is 12.6 Å². The lowest BCUT2D eigenvalue weighted by molar-refractivity contribution is 0.248. The quantitative estimate of drug-likeness (QED) is 0.515. The Morgan fingerprint density at radius 3 is 2.40 bits per heavy atom. The van der Waals surface area contributed by atoms with Crippen LogP contribution in [0.2, 0.25) is 0 Å². The monoisotopic (exact) mass is 158 g/mol. The van der Waals surface area contributed by atoms with Gasteiger partial charge in [-0.25, -0.2) is 0 Å². The second-order valence-electron chi connectivity index (χ2n) is 2.75. The topological polar surface area (TPSA) is 18.8 Å². The molecule has 0 aliphatic carbocycles. The molecule has 0 N–H and O–H groups in total. The molecule has 0 spiro atoms. The molecule has 1 rings (SSSR count). The second kappa shape index (κ2) is 2.62. The van der Waals surface area contributed by atoms with Crippen LogP contribution < -0.4 is 0 Å². The molecule has 0 fully saturated rings. The van der Waals surface area contributed by atoms with Gasteiger partial charge < -0.3 is 17.5 Å². The molecule has 1 aliphatic rings. The van der Waals surface area contributed by atoms with Crippen LogP contribution in [0.3, 0.4) is 0 Å². The molecule has 0 aromatic rings. The summed E-state index contributed by atoms with van der Waals surface area (Å²) in [5.41, 5.74) is 0. The molecule has 0 saturated carbocycles. The molecular weight excluding hydrogens is 146 g/mol. The Bertz CT molecular complexity index is 155. The normalized spacial score (nSPS) is 18.6. The van der Waals surface area contributed by atoms with Crippen LogP contribution in [0.15, 0.2) is 5.10 Å². The van der Waals surface area contributed by atoms with Crippen LogP contribution in [-0.4, -0.2) is 34.8 Å². The fraction of sp³-hybridized carbons (Fsp3) is 0.833. The highest BCUT2D eigenvalue weighted by molar-refractivity contribution is 7.77. The van der Waals surface area contributed by atoms with Gasteiger partial charge in [0.15, 0.2) is 0 Å². The fourth-order valence-electron chi connectivity index (χ4n) is 0.900. The maximum atomic E-state index is 5.01. The zero-order valence-electron chi connectivity index (χ0n) is 6.53. The van der Waals surface area contributed by atoms with Crippen molar-refractivity contribution in [3.63, 3.8) is 0 Å². The van der Waals surface area contributed by atoms with Crippen molar-refractivity contribution in [3.05, 3.63) is 0 Å². The van der Waals surface area contributed by atoms with E-state index in [9.17, 15) is 0 Å². The predicted molar refractivity (Wildman–Crippen MR) is 44.4 cm³/mol. The summed E-state index contributed by atoms with van der Waals surface area (Å²) in [7, 11) is 1.93. The molecule has 0 unspecified atom stereocenters. The smallest absolute Gasteiger partial charge is 0.106 e. The molecule has 58 valence electrons. The number of hydrogen-bond donors (Lipinski definition) is 0. The van der Waals surface area contributed by atoms with Crippen molar-refractivity contribution in [1.82, 2.24) is 9.91 Å². The molecular formula is C6H12N3S-. The van der Waals surface area contributed by atoms with Gasteiger partial charge >= 0.3 is 0 Å². The van der Waals surface area contributed by atoms with Gasteiger partial charge in [-0.2, -0.15) is 5.10 Å². The van der Waals surface area contributed by atoms with Crippen LogP contribution in [0.5, 0.6) is 0 Å². The summed E-state index contributed by atoms with van der Waals surface area (Å²) in [4.78, 5) is 2.08. The molecule has 10 heavy (non-hydrogen) atoms. The molecule has 0 saturated heterocycles. The Balaban J connectivity index is 2.59. The lowest BCUT2D eigenvalue weighted by atomic mass is 10.4. The van der Waals surface area contributed by atoms with E-state index in [0.717, 1.165) is 6.67 Å². The molecule has 0 radical (unpaired) electrons. The molecule has 0 aromatic heterocycles. The SMILES string of the molecule is CC(C)N1CN(C)N=C1[S-]. The van der Waals surface area contributed by atoms with Gasteiger partial charge in [0.05, 0.1) is 0 Å². The Morgan fingerprint density at radius 1 is 1.60 bits per heavy atom. The summed E-state index contributed by atoms with van der Waals surface area (Å²) >= 11 is 5.01. The lowest BCUT2D eigenvalue weighted by Gasteiger charge is -2.27. The summed E-state index contributed by atoms with van der Waals surface area (Å²) in [5.74, 6) is 0. The number of hydrazone groups is 1. The first kappa shape index (κ1) is 7.60. The van der Waals surface area contributed by atoms with Gasteiger partial charge in [0.25, 0.3) is 0 Å². The third-order valence-corrected chi connectivity index (χ3v) is 1.80. The van der Waals surface area contributed by atoms with E-state index >= 15 is 0 Å². The Morgan fingerprint density at radius 2 is 2.20 bits per heavy atom. The summed E-state index contributed by atoms with van der Waals surface area (Å²) in [6.45, 7) is 5.05. The van der Waals surface area contributed by atoms with Crippen LogP contribution >= 0.6 is 0 Å². The zero-order valence-corrected chi connectivity index (χ0v) is 7.35. The maximum absolute atomic E-state index is 5.01. The number of hydrogen-bond acceptors (Lipinski definition) is 4. The maximum Gasteiger partial charge on any atom is 0.106 e. The minimum atomic E-state index is 0.459. The molecule has 3 nitrogen and oxygen atoms in total. The van der Waals surface area contributed by atoms with Crippen LogP contribution in [-0.2, 0) is 12.6 Å². The highest BCUT2D eigenvalue weighted by Gasteiger charge is 2.13. The summed E-state index contributed by atoms with van der Waals surface area (Å²) in [6.07, 6.45) is 0. The van der Waals surface area contributed by atoms with Gasteiger partial charge in [-0.3, -0.25) is 5.01 Å². The van der Waals surface area contributed by atoms with Crippen molar-refractivity contribution in [2.24, 2.45) is 5.10 Å². The van der Waals surface area contributed by atoms with Crippen LogP contribution in [0.25, 0.3) is 0 Å². The van der Waals surface area contributed by atoms with Crippen molar-refractivity contribution >= 4 is 17.8 Å². The van der Waals surface area contributed by atoms with E-state index in [1.807, 2.05) is 12.1 Å². The van der Waals surface area contributed by atoms with E-state index in [1.54, 1.807) is 0 Å². The predicted octanol–water partition coefficient (Wildman–Crippen LogP) is 0.418. The highest BCUT2D eigenvalue weighted by Crippen LogP contribution is 2.07. The average molecular weight is 158 g/mol. The Hall–Kier alpha value is -0.510. The van der Waals surface area contributed by atoms with Crippen molar-refractivity contribution in [2.45, 2.75) is 19.9 Å². The van der Waals surface area contributed by atoms with E-state index in [1.165, 1.54) is 0 Å². The molecule has 1 heterocycles. The van der Waals surface area contributed by atoms with E-state index in [-0.39, 0.29) is 0 Å². The van der Waals surface area contributed by atoms with Crippen LogP contribution in [0.4, 0.5) is 0 Å². The molecule has 0 aromatic carbocycles. The summed E-state index contributed by atoms with van der Waals surface area (Å²) in [6, 6.07) is 0.459. The summed E-state index contributed by atoms with van der Waals surface area (Å²) in [5, 5.41) is 6.64. The molecule has 0 amide bonds. The van der Waals surface area contributed by atoms with E-state index in [0.29, 0.717) is 11.2 Å². The first-order chi connectivity index (χ1) is 4.61. The Kier molecular flexibility index (Phi) is 1.99. The van der Waals surface area contributed by atoms with E-state index < -0.39 is 0 Å². The number of nitrogens with zero attached hydrogens (tertiary/aromatic N) is 3.